The Kier molecular flexibility index (Phi) is 5.59. The maximum atomic E-state index is 11.6. The predicted octanol–water partition coefficient (Wildman–Crippen LogP) is 1.59. The van der Waals surface area contributed by atoms with Gasteiger partial charge in [-0.15, -0.1) is 0 Å². The number of amides is 2. The van der Waals surface area contributed by atoms with Crippen molar-refractivity contribution in [1.82, 2.24) is 10.6 Å². The van der Waals surface area contributed by atoms with Crippen LogP contribution < -0.4 is 10.6 Å². The van der Waals surface area contributed by atoms with Gasteiger partial charge in [-0.2, -0.15) is 11.8 Å². The van der Waals surface area contributed by atoms with Crippen molar-refractivity contribution in [2.45, 2.75) is 44.8 Å². The van der Waals surface area contributed by atoms with Crippen LogP contribution in [-0.4, -0.2) is 41.3 Å². The van der Waals surface area contributed by atoms with Crippen molar-refractivity contribution in [1.29, 1.82) is 0 Å². The molecule has 0 aromatic heterocycles. The second kappa shape index (κ2) is 6.50. The van der Waals surface area contributed by atoms with Crippen molar-refractivity contribution in [2.24, 2.45) is 5.92 Å². The van der Waals surface area contributed by atoms with Crippen molar-refractivity contribution in [3.8, 4) is 0 Å². The zero-order valence-electron chi connectivity index (χ0n) is 11.0. The second-order valence-corrected chi connectivity index (χ2v) is 6.10. The molecular weight excluding hydrogens is 236 g/mol. The minimum absolute atomic E-state index is 0.175. The summed E-state index contributed by atoms with van der Waals surface area (Å²) in [6.45, 7) is 4.07. The Bertz CT molecular complexity index is 255. The van der Waals surface area contributed by atoms with Gasteiger partial charge in [0.05, 0.1) is 5.60 Å². The molecule has 1 fully saturated rings. The molecule has 5 heteroatoms. The molecular formula is C12H24N2O2S. The van der Waals surface area contributed by atoms with Crippen LogP contribution in [0.3, 0.4) is 0 Å². The Labute approximate surface area is 108 Å². The molecule has 0 aromatic carbocycles. The molecule has 0 aromatic rings. The zero-order chi connectivity index (χ0) is 12.9. The van der Waals surface area contributed by atoms with Gasteiger partial charge in [-0.3, -0.25) is 0 Å². The number of thioether (sulfide) groups is 1. The quantitative estimate of drug-likeness (QED) is 0.679. The van der Waals surface area contributed by atoms with Gasteiger partial charge in [0, 0.05) is 18.3 Å². The van der Waals surface area contributed by atoms with E-state index in [0.29, 0.717) is 11.7 Å². The maximum Gasteiger partial charge on any atom is 0.315 e. The predicted molar refractivity (Wildman–Crippen MR) is 72.3 cm³/mol. The Morgan fingerprint density at radius 3 is 2.71 bits per heavy atom. The maximum absolute atomic E-state index is 11.6. The third-order valence-electron chi connectivity index (χ3n) is 3.30. The molecule has 0 saturated heterocycles. The van der Waals surface area contributed by atoms with Crippen molar-refractivity contribution in [3.63, 3.8) is 0 Å². The van der Waals surface area contributed by atoms with E-state index in [1.807, 2.05) is 13.2 Å². The molecule has 100 valence electrons. The number of nitrogens with one attached hydrogen (secondary N) is 2. The van der Waals surface area contributed by atoms with Gasteiger partial charge in [0.1, 0.15) is 0 Å². The number of hydrogen-bond donors (Lipinski definition) is 3. The molecule has 0 heterocycles. The van der Waals surface area contributed by atoms with Gasteiger partial charge < -0.3 is 15.7 Å². The summed E-state index contributed by atoms with van der Waals surface area (Å²) >= 11 is 1.57. The Hall–Kier alpha value is -0.420. The molecule has 1 saturated carbocycles. The van der Waals surface area contributed by atoms with E-state index in [2.05, 4.69) is 10.6 Å². The second-order valence-electron chi connectivity index (χ2n) is 5.24. The minimum Gasteiger partial charge on any atom is -0.387 e. The van der Waals surface area contributed by atoms with E-state index in [4.69, 9.17) is 0 Å². The van der Waals surface area contributed by atoms with Crippen LogP contribution in [0.5, 0.6) is 0 Å². The first-order valence-electron chi connectivity index (χ1n) is 6.20. The SMILES string of the molecule is CSCC(C)(O)CNC(=O)NC(C)C1CCC1. The van der Waals surface area contributed by atoms with E-state index in [1.165, 1.54) is 19.3 Å². The molecule has 17 heavy (non-hydrogen) atoms. The molecule has 1 aliphatic carbocycles. The number of hydrogen-bond acceptors (Lipinski definition) is 3. The molecule has 3 N–H and O–H groups in total. The van der Waals surface area contributed by atoms with E-state index in [0.717, 1.165) is 0 Å². The monoisotopic (exact) mass is 260 g/mol. The highest BCUT2D eigenvalue weighted by Crippen LogP contribution is 2.29. The van der Waals surface area contributed by atoms with E-state index in [1.54, 1.807) is 18.7 Å². The first kappa shape index (κ1) is 14.6. The fraction of sp³-hybridized carbons (Fsp3) is 0.917. The highest BCUT2D eigenvalue weighted by Gasteiger charge is 2.26. The van der Waals surface area contributed by atoms with Crippen LogP contribution in [0.25, 0.3) is 0 Å². The number of carbonyl (C=O) groups excluding carboxylic acids is 1. The summed E-state index contributed by atoms with van der Waals surface area (Å²) in [5, 5.41) is 15.6. The standard InChI is InChI=1S/C12H24N2O2S/c1-9(10-5-4-6-10)14-11(15)13-7-12(2,16)8-17-3/h9-10,16H,4-8H2,1-3H3,(H2,13,14,15). The highest BCUT2D eigenvalue weighted by atomic mass is 32.2. The molecule has 0 spiro atoms. The van der Waals surface area contributed by atoms with Gasteiger partial charge in [0.25, 0.3) is 0 Å². The van der Waals surface area contributed by atoms with E-state index < -0.39 is 5.60 Å². The molecule has 1 aliphatic rings. The van der Waals surface area contributed by atoms with Gasteiger partial charge in [-0.05, 0) is 38.9 Å². The van der Waals surface area contributed by atoms with Crippen LogP contribution in [0.4, 0.5) is 4.79 Å². The Morgan fingerprint density at radius 2 is 2.24 bits per heavy atom. The molecule has 2 amide bonds. The highest BCUT2D eigenvalue weighted by molar-refractivity contribution is 7.98. The van der Waals surface area contributed by atoms with Gasteiger partial charge >= 0.3 is 6.03 Å². The number of aliphatic hydroxyl groups is 1. The molecule has 2 unspecified atom stereocenters. The van der Waals surface area contributed by atoms with Crippen molar-refractivity contribution < 1.29 is 9.90 Å². The minimum atomic E-state index is -0.837. The summed E-state index contributed by atoms with van der Waals surface area (Å²) in [6, 6.07) is 0.0556. The van der Waals surface area contributed by atoms with E-state index in [9.17, 15) is 9.90 Å². The molecule has 0 aliphatic heterocycles. The summed E-state index contributed by atoms with van der Waals surface area (Å²) in [4.78, 5) is 11.6. The number of carbonyl (C=O) groups is 1. The largest absolute Gasteiger partial charge is 0.387 e. The first-order chi connectivity index (χ1) is 7.94. The number of urea groups is 1. The molecule has 0 bridgehead atoms. The fourth-order valence-corrected chi connectivity index (χ4v) is 2.67. The van der Waals surface area contributed by atoms with Crippen LogP contribution in [0.2, 0.25) is 0 Å². The van der Waals surface area contributed by atoms with Crippen molar-refractivity contribution in [2.75, 3.05) is 18.6 Å². The summed E-state index contributed by atoms with van der Waals surface area (Å²) in [7, 11) is 0. The average Bonchev–Trinajstić information content (AvgIpc) is 2.12. The summed E-state index contributed by atoms with van der Waals surface area (Å²) in [6.07, 6.45) is 5.64. The normalized spacial score (nSPS) is 21.2. The van der Waals surface area contributed by atoms with Gasteiger partial charge in [-0.1, -0.05) is 6.42 Å². The smallest absolute Gasteiger partial charge is 0.315 e. The lowest BCUT2D eigenvalue weighted by atomic mass is 9.80. The zero-order valence-corrected chi connectivity index (χ0v) is 11.8. The van der Waals surface area contributed by atoms with Gasteiger partial charge in [0.15, 0.2) is 0 Å². The average molecular weight is 260 g/mol. The molecule has 2 atom stereocenters. The summed E-state index contributed by atoms with van der Waals surface area (Å²) in [5.74, 6) is 1.25. The van der Waals surface area contributed by atoms with Crippen molar-refractivity contribution >= 4 is 17.8 Å². The van der Waals surface area contributed by atoms with Crippen LogP contribution in [0, 0.1) is 5.92 Å². The third kappa shape index (κ3) is 5.17. The van der Waals surface area contributed by atoms with Crippen LogP contribution in [0.15, 0.2) is 0 Å². The van der Waals surface area contributed by atoms with Crippen molar-refractivity contribution in [3.05, 3.63) is 0 Å². The molecule has 1 rings (SSSR count). The topological polar surface area (TPSA) is 61.4 Å². The fourth-order valence-electron chi connectivity index (χ4n) is 1.95. The summed E-state index contributed by atoms with van der Waals surface area (Å²) in [5.41, 5.74) is -0.837. The Morgan fingerprint density at radius 1 is 1.59 bits per heavy atom. The van der Waals surface area contributed by atoms with Gasteiger partial charge in [-0.25, -0.2) is 4.79 Å². The summed E-state index contributed by atoms with van der Waals surface area (Å²) < 4.78 is 0. The van der Waals surface area contributed by atoms with E-state index >= 15 is 0 Å². The number of rotatable bonds is 6. The van der Waals surface area contributed by atoms with Crippen LogP contribution in [-0.2, 0) is 0 Å². The first-order valence-corrected chi connectivity index (χ1v) is 7.60. The lowest BCUT2D eigenvalue weighted by Gasteiger charge is -2.32. The third-order valence-corrected chi connectivity index (χ3v) is 4.21. The van der Waals surface area contributed by atoms with Gasteiger partial charge in [0.2, 0.25) is 0 Å². The Balaban J connectivity index is 2.20. The molecule has 4 nitrogen and oxygen atoms in total. The van der Waals surface area contributed by atoms with Crippen LogP contribution in [0.1, 0.15) is 33.1 Å². The lowest BCUT2D eigenvalue weighted by Crippen LogP contribution is -2.50. The van der Waals surface area contributed by atoms with Crippen LogP contribution >= 0.6 is 11.8 Å². The lowest BCUT2D eigenvalue weighted by molar-refractivity contribution is 0.0865. The van der Waals surface area contributed by atoms with E-state index in [-0.39, 0.29) is 18.6 Å². The molecule has 0 radical (unpaired) electrons.